The lowest BCUT2D eigenvalue weighted by atomic mass is 9.88. The summed E-state index contributed by atoms with van der Waals surface area (Å²) in [6, 6.07) is -0.174. The predicted octanol–water partition coefficient (Wildman–Crippen LogP) is 2.25. The van der Waals surface area contributed by atoms with Crippen molar-refractivity contribution in [2.24, 2.45) is 11.7 Å². The fraction of sp³-hybridized carbons (Fsp3) is 0.833. The van der Waals surface area contributed by atoms with E-state index in [-0.39, 0.29) is 12.0 Å². The van der Waals surface area contributed by atoms with E-state index in [2.05, 4.69) is 22.6 Å². The van der Waals surface area contributed by atoms with E-state index in [9.17, 15) is 4.79 Å². The highest BCUT2D eigenvalue weighted by Crippen LogP contribution is 2.24. The minimum atomic E-state index is -0.174. The van der Waals surface area contributed by atoms with Crippen LogP contribution in [0.4, 0.5) is 0 Å². The van der Waals surface area contributed by atoms with Gasteiger partial charge in [-0.05, 0) is 64.6 Å². The molecule has 1 fully saturated rings. The van der Waals surface area contributed by atoms with Crippen molar-refractivity contribution in [1.29, 1.82) is 0 Å². The topological polar surface area (TPSA) is 85.8 Å². The number of hydrogen-bond acceptors (Lipinski definition) is 5. The fourth-order valence-electron chi connectivity index (χ4n) is 3.40. The van der Waals surface area contributed by atoms with Gasteiger partial charge < -0.3 is 11.1 Å². The molecule has 2 rings (SSSR count). The molecule has 1 aliphatic heterocycles. The van der Waals surface area contributed by atoms with Crippen LogP contribution in [0.15, 0.2) is 6.20 Å². The highest BCUT2D eigenvalue weighted by atomic mass is 16.1. The molecule has 1 aromatic heterocycles. The average Bonchev–Trinajstić information content (AvgIpc) is 3.08. The predicted molar refractivity (Wildman–Crippen MR) is 95.8 cm³/mol. The monoisotopic (exact) mass is 335 g/mol. The molecule has 2 heterocycles. The molecule has 0 unspecified atom stereocenters. The maximum Gasteiger partial charge on any atom is 0.160 e. The number of nitrogens with zero attached hydrogens (tertiary/aromatic N) is 3. The van der Waals surface area contributed by atoms with Crippen molar-refractivity contribution in [3.63, 3.8) is 0 Å². The van der Waals surface area contributed by atoms with Crippen LogP contribution in [-0.2, 0) is 11.2 Å². The molecule has 1 aliphatic rings. The van der Waals surface area contributed by atoms with Crippen LogP contribution in [0.3, 0.4) is 0 Å². The largest absolute Gasteiger partial charge is 0.330 e. The number of aryl methyl sites for hydroxylation is 1. The van der Waals surface area contributed by atoms with Gasteiger partial charge in [0.1, 0.15) is 6.04 Å². The number of nitrogens with one attached hydrogen (secondary N) is 1. The van der Waals surface area contributed by atoms with Crippen LogP contribution in [0.2, 0.25) is 0 Å². The summed E-state index contributed by atoms with van der Waals surface area (Å²) >= 11 is 0. The molecule has 0 bridgehead atoms. The number of piperidine rings is 1. The maximum absolute atomic E-state index is 13.0. The summed E-state index contributed by atoms with van der Waals surface area (Å²) in [6.07, 6.45) is 11.1. The van der Waals surface area contributed by atoms with Gasteiger partial charge in [-0.1, -0.05) is 25.0 Å². The molecule has 0 aliphatic carbocycles. The van der Waals surface area contributed by atoms with E-state index in [4.69, 9.17) is 5.73 Å². The lowest BCUT2D eigenvalue weighted by molar-refractivity contribution is -0.127. The van der Waals surface area contributed by atoms with Crippen LogP contribution >= 0.6 is 0 Å². The van der Waals surface area contributed by atoms with Gasteiger partial charge in [-0.15, -0.1) is 5.10 Å². The summed E-state index contributed by atoms with van der Waals surface area (Å²) in [5.41, 5.74) is 6.62. The summed E-state index contributed by atoms with van der Waals surface area (Å²) < 4.78 is 1.82. The first-order valence-electron chi connectivity index (χ1n) is 9.61. The van der Waals surface area contributed by atoms with Crippen molar-refractivity contribution in [1.82, 2.24) is 20.3 Å². The summed E-state index contributed by atoms with van der Waals surface area (Å²) in [5, 5.41) is 11.9. The summed E-state index contributed by atoms with van der Waals surface area (Å²) in [4.78, 5) is 13.0. The first-order chi connectivity index (χ1) is 11.8. The zero-order chi connectivity index (χ0) is 17.2. The zero-order valence-electron chi connectivity index (χ0n) is 15.0. The van der Waals surface area contributed by atoms with Crippen LogP contribution in [0.1, 0.15) is 70.0 Å². The quantitative estimate of drug-likeness (QED) is 0.606. The van der Waals surface area contributed by atoms with Crippen LogP contribution < -0.4 is 11.1 Å². The number of Topliss-reactive ketones (excluding diaryl/α,β-unsaturated/α-hetero) is 1. The Hall–Kier alpha value is -1.27. The smallest absolute Gasteiger partial charge is 0.160 e. The Labute approximate surface area is 145 Å². The van der Waals surface area contributed by atoms with Crippen LogP contribution in [0, 0.1) is 5.92 Å². The highest BCUT2D eigenvalue weighted by Gasteiger charge is 2.29. The van der Waals surface area contributed by atoms with Gasteiger partial charge in [-0.2, -0.15) is 0 Å². The Bertz CT molecular complexity index is 482. The van der Waals surface area contributed by atoms with Crippen molar-refractivity contribution in [2.75, 3.05) is 19.6 Å². The molecule has 136 valence electrons. The number of carbonyl (C=O) groups excluding carboxylic acids is 1. The van der Waals surface area contributed by atoms with Crippen molar-refractivity contribution in [2.45, 2.75) is 70.8 Å². The summed E-state index contributed by atoms with van der Waals surface area (Å²) in [5.74, 6) is 0.486. The van der Waals surface area contributed by atoms with Gasteiger partial charge in [0.15, 0.2) is 5.78 Å². The molecule has 0 amide bonds. The Kier molecular flexibility index (Phi) is 8.39. The number of aromatic nitrogens is 3. The minimum absolute atomic E-state index is 0.155. The third kappa shape index (κ3) is 5.67. The molecule has 24 heavy (non-hydrogen) atoms. The Morgan fingerprint density at radius 1 is 1.33 bits per heavy atom. The third-order valence-corrected chi connectivity index (χ3v) is 4.92. The highest BCUT2D eigenvalue weighted by molar-refractivity contribution is 5.85. The van der Waals surface area contributed by atoms with E-state index in [1.165, 1.54) is 12.8 Å². The third-order valence-electron chi connectivity index (χ3n) is 4.92. The fourth-order valence-corrected chi connectivity index (χ4v) is 3.40. The molecule has 1 saturated heterocycles. The Morgan fingerprint density at radius 2 is 2.12 bits per heavy atom. The maximum atomic E-state index is 13.0. The number of rotatable bonds is 11. The van der Waals surface area contributed by atoms with Gasteiger partial charge in [-0.3, -0.25) is 4.79 Å². The molecular formula is C18H33N5O. The standard InChI is InChI=1S/C18H33N5O/c1-2-3-4-7-16-14-23(22-21-16)17(8-5-6-11-19)18(24)15-9-12-20-13-10-15/h14-15,17,20H,2-13,19H2,1H3/t17-/m0/s1. The lowest BCUT2D eigenvalue weighted by Gasteiger charge is -2.26. The van der Waals surface area contributed by atoms with E-state index in [1.54, 1.807) is 0 Å². The second-order valence-electron chi connectivity index (χ2n) is 6.87. The van der Waals surface area contributed by atoms with Gasteiger partial charge in [-0.25, -0.2) is 4.68 Å². The van der Waals surface area contributed by atoms with Crippen molar-refractivity contribution < 1.29 is 4.79 Å². The Balaban J connectivity index is 2.02. The minimum Gasteiger partial charge on any atom is -0.330 e. The van der Waals surface area contributed by atoms with Gasteiger partial charge >= 0.3 is 0 Å². The van der Waals surface area contributed by atoms with Crippen LogP contribution in [0.25, 0.3) is 0 Å². The SMILES string of the molecule is CCCCCc1cn([C@@H](CCCCN)C(=O)C2CCNCC2)nn1. The van der Waals surface area contributed by atoms with Gasteiger partial charge in [0.25, 0.3) is 0 Å². The summed E-state index contributed by atoms with van der Waals surface area (Å²) in [7, 11) is 0. The first kappa shape index (κ1) is 19.1. The van der Waals surface area contributed by atoms with Crippen molar-refractivity contribution >= 4 is 5.78 Å². The molecule has 0 saturated carbocycles. The molecule has 0 radical (unpaired) electrons. The van der Waals surface area contributed by atoms with E-state index in [1.807, 2.05) is 10.9 Å². The lowest BCUT2D eigenvalue weighted by Crippen LogP contribution is -2.35. The second kappa shape index (κ2) is 10.6. The molecule has 1 aromatic rings. The number of ketones is 1. The van der Waals surface area contributed by atoms with Crippen molar-refractivity contribution in [3.05, 3.63) is 11.9 Å². The average molecular weight is 335 g/mol. The van der Waals surface area contributed by atoms with Crippen LogP contribution in [0.5, 0.6) is 0 Å². The molecule has 6 nitrogen and oxygen atoms in total. The molecule has 0 aromatic carbocycles. The number of hydrogen-bond donors (Lipinski definition) is 2. The molecule has 3 N–H and O–H groups in total. The number of carbonyl (C=O) groups is 1. The first-order valence-corrected chi connectivity index (χ1v) is 9.61. The van der Waals surface area contributed by atoms with E-state index < -0.39 is 0 Å². The second-order valence-corrected chi connectivity index (χ2v) is 6.87. The van der Waals surface area contributed by atoms with Gasteiger partial charge in [0, 0.05) is 12.1 Å². The number of nitrogens with two attached hydrogens (primary N) is 1. The van der Waals surface area contributed by atoms with Gasteiger partial charge in [0.2, 0.25) is 0 Å². The zero-order valence-corrected chi connectivity index (χ0v) is 15.0. The van der Waals surface area contributed by atoms with Crippen molar-refractivity contribution in [3.8, 4) is 0 Å². The van der Waals surface area contributed by atoms with Crippen LogP contribution in [-0.4, -0.2) is 40.4 Å². The number of unbranched alkanes of at least 4 members (excludes halogenated alkanes) is 3. The normalized spacial score (nSPS) is 17.1. The van der Waals surface area contributed by atoms with E-state index >= 15 is 0 Å². The van der Waals surface area contributed by atoms with E-state index in [0.717, 1.165) is 63.7 Å². The molecule has 0 spiro atoms. The molecular weight excluding hydrogens is 302 g/mol. The summed E-state index contributed by atoms with van der Waals surface area (Å²) in [6.45, 7) is 4.74. The molecule has 1 atom stereocenters. The molecule has 6 heteroatoms. The van der Waals surface area contributed by atoms with Gasteiger partial charge in [0.05, 0.1) is 5.69 Å². The van der Waals surface area contributed by atoms with E-state index in [0.29, 0.717) is 12.3 Å². The Morgan fingerprint density at radius 3 is 2.83 bits per heavy atom.